The Bertz CT molecular complexity index is 431. The zero-order chi connectivity index (χ0) is 12.4. The van der Waals surface area contributed by atoms with Crippen molar-refractivity contribution >= 4 is 32.4 Å². The first kappa shape index (κ1) is 13.1. The minimum atomic E-state index is -0.915. The molecule has 1 fully saturated rings. The molecular formula is C12H17BrN2OS. The van der Waals surface area contributed by atoms with Gasteiger partial charge in [0.2, 0.25) is 0 Å². The summed E-state index contributed by atoms with van der Waals surface area (Å²) < 4.78 is 12.4. The Morgan fingerprint density at radius 3 is 2.41 bits per heavy atom. The third-order valence-electron chi connectivity index (χ3n) is 3.10. The van der Waals surface area contributed by atoms with Gasteiger partial charge in [-0.3, -0.25) is 4.21 Å². The van der Waals surface area contributed by atoms with Gasteiger partial charge in [-0.1, -0.05) is 0 Å². The lowest BCUT2D eigenvalue weighted by Crippen LogP contribution is -2.44. The fourth-order valence-electron chi connectivity index (χ4n) is 1.97. The Labute approximate surface area is 113 Å². The molecule has 1 unspecified atom stereocenters. The molecule has 0 N–H and O–H groups in total. The number of rotatable bonds is 2. The van der Waals surface area contributed by atoms with E-state index in [1.165, 1.54) is 5.69 Å². The summed E-state index contributed by atoms with van der Waals surface area (Å²) in [7, 11) is 1.23. The van der Waals surface area contributed by atoms with E-state index in [-0.39, 0.29) is 0 Å². The van der Waals surface area contributed by atoms with Gasteiger partial charge in [-0.05, 0) is 41.2 Å². The van der Waals surface area contributed by atoms with Gasteiger partial charge in [0.1, 0.15) is 0 Å². The molecule has 0 bridgehead atoms. The summed E-state index contributed by atoms with van der Waals surface area (Å²) in [6.45, 7) is 4.27. The summed E-state index contributed by atoms with van der Waals surface area (Å²) >= 11 is 3.58. The van der Waals surface area contributed by atoms with Crippen LogP contribution in [0.5, 0.6) is 0 Å². The number of benzene rings is 1. The van der Waals surface area contributed by atoms with E-state index in [1.54, 1.807) is 6.26 Å². The van der Waals surface area contributed by atoms with Crippen LogP contribution in [-0.2, 0) is 10.8 Å². The zero-order valence-electron chi connectivity index (χ0n) is 10.1. The molecule has 1 heterocycles. The molecule has 94 valence electrons. The highest BCUT2D eigenvalue weighted by atomic mass is 79.9. The molecule has 1 aromatic rings. The molecule has 0 spiro atoms. The number of anilines is 1. The first-order valence-electron chi connectivity index (χ1n) is 5.64. The zero-order valence-corrected chi connectivity index (χ0v) is 12.6. The van der Waals surface area contributed by atoms with Crippen molar-refractivity contribution < 1.29 is 4.21 Å². The van der Waals surface area contributed by atoms with Gasteiger partial charge < -0.3 is 9.80 Å². The van der Waals surface area contributed by atoms with E-state index < -0.39 is 10.8 Å². The van der Waals surface area contributed by atoms with Crippen molar-refractivity contribution in [1.29, 1.82) is 0 Å². The molecule has 1 saturated heterocycles. The quantitative estimate of drug-likeness (QED) is 0.833. The summed E-state index contributed by atoms with van der Waals surface area (Å²) in [6, 6.07) is 5.98. The lowest BCUT2D eigenvalue weighted by atomic mass is 10.2. The van der Waals surface area contributed by atoms with Crippen molar-refractivity contribution in [2.75, 3.05) is 44.4 Å². The topological polar surface area (TPSA) is 23.6 Å². The van der Waals surface area contributed by atoms with Gasteiger partial charge in [0.25, 0.3) is 0 Å². The van der Waals surface area contributed by atoms with Crippen LogP contribution in [0.4, 0.5) is 5.69 Å². The van der Waals surface area contributed by atoms with Crippen LogP contribution in [0.2, 0.25) is 0 Å². The van der Waals surface area contributed by atoms with Crippen molar-refractivity contribution in [3.8, 4) is 0 Å². The van der Waals surface area contributed by atoms with Gasteiger partial charge >= 0.3 is 0 Å². The first-order chi connectivity index (χ1) is 8.08. The smallest absolute Gasteiger partial charge is 0.0512 e. The lowest BCUT2D eigenvalue weighted by Gasteiger charge is -2.34. The van der Waals surface area contributed by atoms with Crippen molar-refractivity contribution in [3.63, 3.8) is 0 Å². The Kier molecular flexibility index (Phi) is 4.22. The minimum Gasteiger partial charge on any atom is -0.368 e. The maximum absolute atomic E-state index is 11.4. The molecule has 3 nitrogen and oxygen atoms in total. The highest BCUT2D eigenvalue weighted by molar-refractivity contribution is 9.10. The van der Waals surface area contributed by atoms with Crippen LogP contribution >= 0.6 is 15.9 Å². The third kappa shape index (κ3) is 3.09. The van der Waals surface area contributed by atoms with Gasteiger partial charge in [0.05, 0.1) is 5.69 Å². The number of hydrogen-bond donors (Lipinski definition) is 0. The standard InChI is InChI=1S/C12H17BrN2OS/c1-14-5-7-15(8-6-14)12-4-3-10(17(2)16)9-11(12)13/h3-4,9H,5-8H2,1-2H3. The Morgan fingerprint density at radius 2 is 1.88 bits per heavy atom. The second-order valence-electron chi connectivity index (χ2n) is 4.36. The van der Waals surface area contributed by atoms with Crippen LogP contribution in [0.25, 0.3) is 0 Å². The number of halogens is 1. The van der Waals surface area contributed by atoms with Crippen molar-refractivity contribution in [1.82, 2.24) is 4.90 Å². The molecule has 1 atom stereocenters. The summed E-state index contributed by atoms with van der Waals surface area (Å²) in [6.07, 6.45) is 1.71. The molecule has 17 heavy (non-hydrogen) atoms. The molecule has 0 radical (unpaired) electrons. The predicted molar refractivity (Wildman–Crippen MR) is 76.2 cm³/mol. The number of piperazine rings is 1. The normalized spacial score (nSPS) is 19.4. The average molecular weight is 317 g/mol. The highest BCUT2D eigenvalue weighted by Crippen LogP contribution is 2.28. The summed E-state index contributed by atoms with van der Waals surface area (Å²) in [5, 5.41) is 0. The lowest BCUT2D eigenvalue weighted by molar-refractivity contribution is 0.312. The van der Waals surface area contributed by atoms with Gasteiger partial charge in [0, 0.05) is 52.6 Å². The first-order valence-corrected chi connectivity index (χ1v) is 7.99. The van der Waals surface area contributed by atoms with Crippen molar-refractivity contribution in [3.05, 3.63) is 22.7 Å². The maximum atomic E-state index is 11.4. The monoisotopic (exact) mass is 316 g/mol. The largest absolute Gasteiger partial charge is 0.368 e. The molecule has 0 aliphatic carbocycles. The maximum Gasteiger partial charge on any atom is 0.0512 e. The van der Waals surface area contributed by atoms with E-state index in [0.29, 0.717) is 0 Å². The Hall–Kier alpha value is -0.390. The molecule has 1 aromatic carbocycles. The van der Waals surface area contributed by atoms with Crippen LogP contribution in [-0.4, -0.2) is 48.6 Å². The van der Waals surface area contributed by atoms with Gasteiger partial charge in [0.15, 0.2) is 0 Å². The molecule has 1 aliphatic heterocycles. The molecule has 5 heteroatoms. The fourth-order valence-corrected chi connectivity index (χ4v) is 3.29. The molecule has 0 amide bonds. The average Bonchev–Trinajstić information content (AvgIpc) is 2.30. The second-order valence-corrected chi connectivity index (χ2v) is 6.59. The molecule has 1 aliphatic rings. The number of likely N-dealkylation sites (N-methyl/N-ethyl adjacent to an activating group) is 1. The van der Waals surface area contributed by atoms with Crippen molar-refractivity contribution in [2.45, 2.75) is 4.90 Å². The van der Waals surface area contributed by atoms with Gasteiger partial charge in [-0.2, -0.15) is 0 Å². The van der Waals surface area contributed by atoms with E-state index >= 15 is 0 Å². The van der Waals surface area contributed by atoms with E-state index in [2.05, 4.69) is 38.8 Å². The van der Waals surface area contributed by atoms with Crippen molar-refractivity contribution in [2.24, 2.45) is 0 Å². The molecule has 2 rings (SSSR count). The second kappa shape index (κ2) is 5.50. The van der Waals surface area contributed by atoms with E-state index in [1.807, 2.05) is 12.1 Å². The predicted octanol–water partition coefficient (Wildman–Crippen LogP) is 1.94. The summed E-state index contributed by atoms with van der Waals surface area (Å²) in [5.74, 6) is 0. The van der Waals surface area contributed by atoms with Crippen LogP contribution in [0, 0.1) is 0 Å². The van der Waals surface area contributed by atoms with Crippen LogP contribution in [0.1, 0.15) is 0 Å². The number of nitrogens with zero attached hydrogens (tertiary/aromatic N) is 2. The van der Waals surface area contributed by atoms with Crippen LogP contribution in [0.3, 0.4) is 0 Å². The Balaban J connectivity index is 2.19. The van der Waals surface area contributed by atoms with Crippen LogP contribution in [0.15, 0.2) is 27.6 Å². The van der Waals surface area contributed by atoms with Gasteiger partial charge in [-0.15, -0.1) is 0 Å². The minimum absolute atomic E-state index is 0.870. The molecular weight excluding hydrogens is 300 g/mol. The summed E-state index contributed by atoms with van der Waals surface area (Å²) in [4.78, 5) is 5.57. The van der Waals surface area contributed by atoms with Gasteiger partial charge in [-0.25, -0.2) is 0 Å². The highest BCUT2D eigenvalue weighted by Gasteiger charge is 2.16. The number of hydrogen-bond acceptors (Lipinski definition) is 3. The van der Waals surface area contributed by atoms with E-state index in [4.69, 9.17) is 0 Å². The molecule has 0 saturated carbocycles. The third-order valence-corrected chi connectivity index (χ3v) is 4.65. The Morgan fingerprint density at radius 1 is 1.24 bits per heavy atom. The summed E-state index contributed by atoms with van der Waals surface area (Å²) in [5.41, 5.74) is 1.20. The van der Waals surface area contributed by atoms with E-state index in [0.717, 1.165) is 35.5 Å². The van der Waals surface area contributed by atoms with E-state index in [9.17, 15) is 4.21 Å². The SMILES string of the molecule is CN1CCN(c2ccc(S(C)=O)cc2Br)CC1. The fraction of sp³-hybridized carbons (Fsp3) is 0.500. The van der Waals surface area contributed by atoms with Crippen LogP contribution < -0.4 is 4.90 Å². The molecule has 0 aromatic heterocycles.